The highest BCUT2D eigenvalue weighted by Gasteiger charge is 2.32. The van der Waals surface area contributed by atoms with E-state index < -0.39 is 0 Å². The Labute approximate surface area is 145 Å². The van der Waals surface area contributed by atoms with Gasteiger partial charge in [-0.3, -0.25) is 4.79 Å². The van der Waals surface area contributed by atoms with Crippen molar-refractivity contribution in [3.8, 4) is 0 Å². The molecule has 0 bridgehead atoms. The second kappa shape index (κ2) is 6.13. The molecule has 1 N–H and O–H groups in total. The van der Waals surface area contributed by atoms with Crippen LogP contribution in [0.3, 0.4) is 0 Å². The standard InChI is InChI=1S/C20H18N2OS/c1-14-6-8-15(9-7-14)12-22-19(16-10-11-24-13-16)21-18-5-3-2-4-17(18)20(22)23/h2-11,13,19,21H,12H2,1H3/t19-/m1/s1. The first-order valence-corrected chi connectivity index (χ1v) is 8.91. The molecule has 0 saturated heterocycles. The van der Waals surface area contributed by atoms with Crippen LogP contribution in [-0.2, 0) is 6.54 Å². The highest BCUT2D eigenvalue weighted by atomic mass is 32.1. The Morgan fingerprint density at radius 1 is 1.08 bits per heavy atom. The summed E-state index contributed by atoms with van der Waals surface area (Å²) in [6, 6.07) is 18.2. The molecular formula is C20H18N2OS. The second-order valence-corrected chi connectivity index (χ2v) is 6.85. The zero-order valence-corrected chi connectivity index (χ0v) is 14.2. The maximum Gasteiger partial charge on any atom is 0.258 e. The van der Waals surface area contributed by atoms with Gasteiger partial charge in [0.2, 0.25) is 0 Å². The van der Waals surface area contributed by atoms with Gasteiger partial charge in [-0.05, 0) is 41.4 Å². The molecule has 0 radical (unpaired) electrons. The van der Waals surface area contributed by atoms with Crippen molar-refractivity contribution in [1.29, 1.82) is 0 Å². The number of carbonyl (C=O) groups is 1. The lowest BCUT2D eigenvalue weighted by Crippen LogP contribution is -2.42. The summed E-state index contributed by atoms with van der Waals surface area (Å²) < 4.78 is 0. The van der Waals surface area contributed by atoms with Crippen molar-refractivity contribution in [2.75, 3.05) is 5.32 Å². The fourth-order valence-corrected chi connectivity index (χ4v) is 3.72. The number of benzene rings is 2. The zero-order chi connectivity index (χ0) is 16.5. The van der Waals surface area contributed by atoms with E-state index in [2.05, 4.69) is 48.0 Å². The summed E-state index contributed by atoms with van der Waals surface area (Å²) in [5.41, 5.74) is 5.11. The van der Waals surface area contributed by atoms with E-state index in [9.17, 15) is 4.79 Å². The highest BCUT2D eigenvalue weighted by Crippen LogP contribution is 2.34. The molecular weight excluding hydrogens is 316 g/mol. The van der Waals surface area contributed by atoms with E-state index in [1.807, 2.05) is 34.5 Å². The van der Waals surface area contributed by atoms with Crippen molar-refractivity contribution in [3.05, 3.63) is 87.6 Å². The third kappa shape index (κ3) is 2.69. The predicted octanol–water partition coefficient (Wildman–Crippen LogP) is 4.82. The number of thiophene rings is 1. The molecule has 1 aliphatic heterocycles. The summed E-state index contributed by atoms with van der Waals surface area (Å²) in [4.78, 5) is 15.0. The Morgan fingerprint density at radius 3 is 2.62 bits per heavy atom. The van der Waals surface area contributed by atoms with Gasteiger partial charge >= 0.3 is 0 Å². The van der Waals surface area contributed by atoms with Crippen LogP contribution in [0.5, 0.6) is 0 Å². The minimum Gasteiger partial charge on any atom is -0.361 e. The molecule has 24 heavy (non-hydrogen) atoms. The Balaban J connectivity index is 1.73. The molecule has 3 nitrogen and oxygen atoms in total. The number of nitrogens with one attached hydrogen (secondary N) is 1. The first kappa shape index (κ1) is 15.0. The fourth-order valence-electron chi connectivity index (χ4n) is 3.04. The van der Waals surface area contributed by atoms with Gasteiger partial charge < -0.3 is 10.2 Å². The lowest BCUT2D eigenvalue weighted by atomic mass is 10.0. The minimum atomic E-state index is -0.139. The Bertz CT molecular complexity index is 856. The molecule has 1 aromatic heterocycles. The smallest absolute Gasteiger partial charge is 0.258 e. The lowest BCUT2D eigenvalue weighted by Gasteiger charge is -2.37. The van der Waals surface area contributed by atoms with Crippen molar-refractivity contribution < 1.29 is 4.79 Å². The quantitative estimate of drug-likeness (QED) is 0.744. The van der Waals surface area contributed by atoms with Gasteiger partial charge in [0.05, 0.1) is 5.56 Å². The SMILES string of the molecule is Cc1ccc(CN2C(=O)c3ccccc3N[C@H]2c2ccsc2)cc1. The Morgan fingerprint density at radius 2 is 1.88 bits per heavy atom. The van der Waals surface area contributed by atoms with E-state index in [0.717, 1.165) is 22.4 Å². The average molecular weight is 334 g/mol. The summed E-state index contributed by atoms with van der Waals surface area (Å²) in [7, 11) is 0. The van der Waals surface area contributed by atoms with Crippen molar-refractivity contribution in [1.82, 2.24) is 4.90 Å². The second-order valence-electron chi connectivity index (χ2n) is 6.07. The Hall–Kier alpha value is -2.59. The van der Waals surface area contributed by atoms with Gasteiger partial charge in [-0.15, -0.1) is 0 Å². The molecule has 0 aliphatic carbocycles. The van der Waals surface area contributed by atoms with Crippen molar-refractivity contribution >= 4 is 22.9 Å². The van der Waals surface area contributed by atoms with Crippen LogP contribution in [0.25, 0.3) is 0 Å². The number of amides is 1. The first-order valence-electron chi connectivity index (χ1n) is 7.96. The summed E-state index contributed by atoms with van der Waals surface area (Å²) >= 11 is 1.65. The third-order valence-electron chi connectivity index (χ3n) is 4.35. The van der Waals surface area contributed by atoms with Crippen LogP contribution in [0, 0.1) is 6.92 Å². The van der Waals surface area contributed by atoms with Crippen LogP contribution in [-0.4, -0.2) is 10.8 Å². The van der Waals surface area contributed by atoms with Crippen molar-refractivity contribution in [2.24, 2.45) is 0 Å². The molecule has 4 heteroatoms. The third-order valence-corrected chi connectivity index (χ3v) is 5.06. The van der Waals surface area contributed by atoms with Gasteiger partial charge in [-0.25, -0.2) is 0 Å². The number of aryl methyl sites for hydroxylation is 1. The molecule has 1 aliphatic rings. The average Bonchev–Trinajstić information content (AvgIpc) is 3.13. The van der Waals surface area contributed by atoms with Crippen LogP contribution in [0.1, 0.15) is 33.2 Å². The van der Waals surface area contributed by atoms with Gasteiger partial charge in [-0.2, -0.15) is 11.3 Å². The fraction of sp³-hybridized carbons (Fsp3) is 0.150. The molecule has 3 aromatic rings. The molecule has 0 fully saturated rings. The van der Waals surface area contributed by atoms with Crippen LogP contribution in [0.4, 0.5) is 5.69 Å². The van der Waals surface area contributed by atoms with Gasteiger partial charge in [0.1, 0.15) is 6.17 Å². The largest absolute Gasteiger partial charge is 0.361 e. The molecule has 0 unspecified atom stereocenters. The summed E-state index contributed by atoms with van der Waals surface area (Å²) in [5.74, 6) is 0.0705. The maximum atomic E-state index is 13.1. The minimum absolute atomic E-state index is 0.0705. The molecule has 120 valence electrons. The molecule has 0 spiro atoms. The highest BCUT2D eigenvalue weighted by molar-refractivity contribution is 7.08. The number of hydrogen-bond donors (Lipinski definition) is 1. The zero-order valence-electron chi connectivity index (χ0n) is 13.4. The number of anilines is 1. The van der Waals surface area contributed by atoms with Crippen LogP contribution < -0.4 is 5.32 Å². The van der Waals surface area contributed by atoms with Crippen LogP contribution in [0.2, 0.25) is 0 Å². The maximum absolute atomic E-state index is 13.1. The normalized spacial score (nSPS) is 16.6. The van der Waals surface area contributed by atoms with Gasteiger partial charge in [0, 0.05) is 17.8 Å². The van der Waals surface area contributed by atoms with E-state index in [4.69, 9.17) is 0 Å². The number of carbonyl (C=O) groups excluding carboxylic acids is 1. The topological polar surface area (TPSA) is 32.3 Å². The first-order chi connectivity index (χ1) is 11.7. The van der Waals surface area contributed by atoms with Crippen LogP contribution >= 0.6 is 11.3 Å². The number of nitrogens with zero attached hydrogens (tertiary/aromatic N) is 1. The summed E-state index contributed by atoms with van der Waals surface area (Å²) in [5, 5.41) is 7.67. The number of para-hydroxylation sites is 1. The number of fused-ring (bicyclic) bond motifs is 1. The molecule has 1 amide bonds. The van der Waals surface area contributed by atoms with Gasteiger partial charge in [-0.1, -0.05) is 42.0 Å². The van der Waals surface area contributed by atoms with Crippen molar-refractivity contribution in [3.63, 3.8) is 0 Å². The molecule has 2 aromatic carbocycles. The molecule has 4 rings (SSSR count). The molecule has 2 heterocycles. The monoisotopic (exact) mass is 334 g/mol. The number of rotatable bonds is 3. The van der Waals surface area contributed by atoms with E-state index in [-0.39, 0.29) is 12.1 Å². The van der Waals surface area contributed by atoms with E-state index in [1.54, 1.807) is 11.3 Å². The summed E-state index contributed by atoms with van der Waals surface area (Å²) in [6.45, 7) is 2.66. The van der Waals surface area contributed by atoms with E-state index in [1.165, 1.54) is 5.56 Å². The number of hydrogen-bond acceptors (Lipinski definition) is 3. The van der Waals surface area contributed by atoms with Crippen molar-refractivity contribution in [2.45, 2.75) is 19.6 Å². The summed E-state index contributed by atoms with van der Waals surface area (Å²) in [6.07, 6.45) is -0.139. The lowest BCUT2D eigenvalue weighted by molar-refractivity contribution is 0.0667. The molecule has 0 saturated carbocycles. The van der Waals surface area contributed by atoms with Gasteiger partial charge in [0.15, 0.2) is 0 Å². The van der Waals surface area contributed by atoms with E-state index in [0.29, 0.717) is 6.54 Å². The molecule has 1 atom stereocenters. The predicted molar refractivity (Wildman–Crippen MR) is 98.2 cm³/mol. The van der Waals surface area contributed by atoms with Crippen LogP contribution in [0.15, 0.2) is 65.4 Å². The van der Waals surface area contributed by atoms with Gasteiger partial charge in [0.25, 0.3) is 5.91 Å². The Kier molecular flexibility index (Phi) is 3.82. The van der Waals surface area contributed by atoms with E-state index >= 15 is 0 Å².